The second-order valence-corrected chi connectivity index (χ2v) is 7.31. The van der Waals surface area contributed by atoms with Crippen molar-refractivity contribution in [3.8, 4) is 0 Å². The van der Waals surface area contributed by atoms with Crippen LogP contribution in [-0.2, 0) is 0 Å². The molecule has 1 fully saturated rings. The number of hydrazone groups is 1. The molecule has 2 aliphatic rings. The van der Waals surface area contributed by atoms with Gasteiger partial charge in [-0.2, -0.15) is 5.10 Å². The van der Waals surface area contributed by atoms with E-state index in [1.54, 1.807) is 24.3 Å². The van der Waals surface area contributed by atoms with Crippen LogP contribution in [0.5, 0.6) is 0 Å². The first-order chi connectivity index (χ1) is 12.8. The van der Waals surface area contributed by atoms with Crippen LogP contribution in [-0.4, -0.2) is 63.3 Å². The van der Waals surface area contributed by atoms with Gasteiger partial charge in [0.1, 0.15) is 11.8 Å². The van der Waals surface area contributed by atoms with Crippen molar-refractivity contribution in [2.45, 2.75) is 18.9 Å². The number of imidazole rings is 1. The zero-order valence-corrected chi connectivity index (χ0v) is 15.1. The number of aromatic amines is 1. The van der Waals surface area contributed by atoms with Gasteiger partial charge in [-0.3, -0.25) is 5.41 Å². The number of fused-ring (bicyclic) bond motifs is 1. The number of rotatable bonds is 5. The summed E-state index contributed by atoms with van der Waals surface area (Å²) in [6, 6.07) is 0.340. The Kier molecular flexibility index (Phi) is 5.12. The second kappa shape index (κ2) is 7.83. The molecule has 9 nitrogen and oxygen atoms in total. The van der Waals surface area contributed by atoms with Gasteiger partial charge < -0.3 is 20.6 Å². The van der Waals surface area contributed by atoms with Gasteiger partial charge in [-0.1, -0.05) is 0 Å². The number of nitrogens with one attached hydrogen (secondary N) is 4. The van der Waals surface area contributed by atoms with Gasteiger partial charge in [-0.25, -0.2) is 15.0 Å². The molecule has 0 aromatic carbocycles. The third-order valence-corrected chi connectivity index (χ3v) is 5.37. The molecular weight excluding hydrogens is 350 g/mol. The number of piperidine rings is 1. The fourth-order valence-electron chi connectivity index (χ4n) is 3.01. The lowest BCUT2D eigenvalue weighted by atomic mass is 10.1. The van der Waals surface area contributed by atoms with E-state index in [0.717, 1.165) is 54.5 Å². The lowest BCUT2D eigenvalue weighted by Gasteiger charge is -2.25. The van der Waals surface area contributed by atoms with Gasteiger partial charge in [0.25, 0.3) is 0 Å². The van der Waals surface area contributed by atoms with Crippen LogP contribution in [0.4, 0.5) is 5.82 Å². The maximum Gasteiger partial charge on any atom is 0.182 e. The Balaban J connectivity index is 1.46. The van der Waals surface area contributed by atoms with Crippen LogP contribution in [0.2, 0.25) is 0 Å². The molecule has 1 saturated heterocycles. The number of allylic oxidation sites excluding steroid dienone is 1. The van der Waals surface area contributed by atoms with Crippen molar-refractivity contribution in [1.82, 2.24) is 30.7 Å². The summed E-state index contributed by atoms with van der Waals surface area (Å²) in [5.41, 5.74) is 4.98. The topological polar surface area (TPSA) is 118 Å². The molecule has 26 heavy (non-hydrogen) atoms. The van der Waals surface area contributed by atoms with E-state index >= 15 is 0 Å². The Bertz CT molecular complexity index is 837. The van der Waals surface area contributed by atoms with Gasteiger partial charge in [0.15, 0.2) is 11.5 Å². The van der Waals surface area contributed by atoms with E-state index in [0.29, 0.717) is 17.4 Å². The van der Waals surface area contributed by atoms with Crippen LogP contribution in [0.25, 0.3) is 11.2 Å². The highest BCUT2D eigenvalue weighted by Crippen LogP contribution is 2.28. The molecule has 4 N–H and O–H groups in total. The smallest absolute Gasteiger partial charge is 0.182 e. The number of nitrogens with zero attached hydrogens (tertiary/aromatic N) is 5. The number of hydrogen-bond donors (Lipinski definition) is 4. The molecule has 4 rings (SSSR count). The average Bonchev–Trinajstić information content (AvgIpc) is 3.18. The molecule has 2 aliphatic heterocycles. The first-order valence-corrected chi connectivity index (χ1v) is 9.63. The molecule has 136 valence electrons. The maximum atomic E-state index is 8.31. The zero-order chi connectivity index (χ0) is 17.8. The highest BCUT2D eigenvalue weighted by molar-refractivity contribution is 8.04. The van der Waals surface area contributed by atoms with Gasteiger partial charge in [-0.15, -0.1) is 11.8 Å². The maximum absolute atomic E-state index is 8.31. The zero-order valence-electron chi connectivity index (χ0n) is 14.3. The van der Waals surface area contributed by atoms with Crippen molar-refractivity contribution in [3.63, 3.8) is 0 Å². The van der Waals surface area contributed by atoms with Crippen molar-refractivity contribution in [2.24, 2.45) is 5.10 Å². The number of anilines is 1. The van der Waals surface area contributed by atoms with Crippen LogP contribution in [0.15, 0.2) is 28.9 Å². The van der Waals surface area contributed by atoms with E-state index in [-0.39, 0.29) is 0 Å². The number of thioether (sulfide) groups is 1. The van der Waals surface area contributed by atoms with Crippen molar-refractivity contribution < 1.29 is 0 Å². The number of hydrogen-bond acceptors (Lipinski definition) is 9. The SMILES string of the molecule is N=C(/C=N\NC1CCCNC1)C1=CN(c2ncnc3nc[nH]c23)CCS1. The quantitative estimate of drug-likeness (QED) is 0.459. The van der Waals surface area contributed by atoms with Gasteiger partial charge in [0.2, 0.25) is 0 Å². The molecule has 0 bridgehead atoms. The van der Waals surface area contributed by atoms with E-state index < -0.39 is 0 Å². The minimum atomic E-state index is 0.340. The fraction of sp³-hybridized carbons (Fsp3) is 0.438. The molecule has 0 spiro atoms. The molecular formula is C16H21N9S. The first kappa shape index (κ1) is 17.0. The van der Waals surface area contributed by atoms with E-state index in [1.165, 1.54) is 6.33 Å². The summed E-state index contributed by atoms with van der Waals surface area (Å²) in [5, 5.41) is 15.9. The Morgan fingerprint density at radius 3 is 3.27 bits per heavy atom. The summed E-state index contributed by atoms with van der Waals surface area (Å²) in [6.07, 6.45) is 8.93. The third-order valence-electron chi connectivity index (χ3n) is 4.35. The molecule has 0 saturated carbocycles. The fourth-order valence-corrected chi connectivity index (χ4v) is 3.93. The largest absolute Gasteiger partial charge is 0.340 e. The summed E-state index contributed by atoms with van der Waals surface area (Å²) < 4.78 is 0. The summed E-state index contributed by atoms with van der Waals surface area (Å²) in [6.45, 7) is 2.81. The van der Waals surface area contributed by atoms with E-state index in [4.69, 9.17) is 5.41 Å². The standard InChI is InChI=1S/C16H21N9S/c17-12(7-23-24-11-2-1-3-18-6-11)13-8-25(4-5-26-13)16-14-15(20-9-19-14)21-10-22-16/h7-11,17-18,24H,1-6H2,(H,19,20,21,22)/b17-12?,23-7-. The Morgan fingerprint density at radius 2 is 2.38 bits per heavy atom. The average molecular weight is 371 g/mol. The predicted octanol–water partition coefficient (Wildman–Crippen LogP) is 1.09. The highest BCUT2D eigenvalue weighted by atomic mass is 32.2. The molecule has 2 aromatic rings. The van der Waals surface area contributed by atoms with E-state index in [1.807, 2.05) is 11.1 Å². The minimum absolute atomic E-state index is 0.340. The Morgan fingerprint density at radius 1 is 1.42 bits per heavy atom. The van der Waals surface area contributed by atoms with Crippen LogP contribution in [0, 0.1) is 5.41 Å². The lowest BCUT2D eigenvalue weighted by Crippen LogP contribution is -2.41. The molecule has 4 heterocycles. The van der Waals surface area contributed by atoms with Crippen molar-refractivity contribution >= 4 is 40.7 Å². The van der Waals surface area contributed by atoms with Gasteiger partial charge in [0.05, 0.1) is 29.2 Å². The lowest BCUT2D eigenvalue weighted by molar-refractivity contribution is 0.398. The summed E-state index contributed by atoms with van der Waals surface area (Å²) in [4.78, 5) is 18.7. The van der Waals surface area contributed by atoms with Crippen molar-refractivity contribution in [2.75, 3.05) is 30.3 Å². The monoisotopic (exact) mass is 371 g/mol. The number of H-pyrrole nitrogens is 1. The molecule has 0 radical (unpaired) electrons. The van der Waals surface area contributed by atoms with Gasteiger partial charge in [0, 0.05) is 25.0 Å². The molecule has 0 aliphatic carbocycles. The van der Waals surface area contributed by atoms with E-state index in [2.05, 4.69) is 35.8 Å². The van der Waals surface area contributed by atoms with Crippen LogP contribution < -0.4 is 15.6 Å². The molecule has 2 aromatic heterocycles. The first-order valence-electron chi connectivity index (χ1n) is 8.65. The van der Waals surface area contributed by atoms with Crippen molar-refractivity contribution in [1.29, 1.82) is 5.41 Å². The normalized spacial score (nSPS) is 21.2. The highest BCUT2D eigenvalue weighted by Gasteiger charge is 2.19. The Hall–Kier alpha value is -2.46. The third kappa shape index (κ3) is 3.70. The number of aromatic nitrogens is 4. The summed E-state index contributed by atoms with van der Waals surface area (Å²) in [5.74, 6) is 1.66. The summed E-state index contributed by atoms with van der Waals surface area (Å²) in [7, 11) is 0. The Labute approximate surface area is 155 Å². The van der Waals surface area contributed by atoms with Crippen LogP contribution in [0.3, 0.4) is 0 Å². The molecule has 10 heteroatoms. The second-order valence-electron chi connectivity index (χ2n) is 6.18. The minimum Gasteiger partial charge on any atom is -0.340 e. The van der Waals surface area contributed by atoms with Crippen LogP contribution in [0.1, 0.15) is 12.8 Å². The van der Waals surface area contributed by atoms with Crippen molar-refractivity contribution in [3.05, 3.63) is 23.8 Å². The van der Waals surface area contributed by atoms with Gasteiger partial charge >= 0.3 is 0 Å². The van der Waals surface area contributed by atoms with Gasteiger partial charge in [-0.05, 0) is 19.4 Å². The molecule has 1 atom stereocenters. The summed E-state index contributed by atoms with van der Waals surface area (Å²) >= 11 is 1.66. The molecule has 1 unspecified atom stereocenters. The van der Waals surface area contributed by atoms with E-state index in [9.17, 15) is 0 Å². The predicted molar refractivity (Wildman–Crippen MR) is 105 cm³/mol. The molecule has 0 amide bonds. The van der Waals surface area contributed by atoms with Crippen LogP contribution >= 0.6 is 11.8 Å².